The number of benzene rings is 2. The summed E-state index contributed by atoms with van der Waals surface area (Å²) < 4.78 is 12.4. The monoisotopic (exact) mass is 378 g/mol. The third-order valence-corrected chi connectivity index (χ3v) is 5.10. The van der Waals surface area contributed by atoms with Crippen molar-refractivity contribution in [3.63, 3.8) is 0 Å². The minimum absolute atomic E-state index is 0.0194. The number of fused-ring (bicyclic) bond motifs is 1. The van der Waals surface area contributed by atoms with Crippen LogP contribution in [0.4, 0.5) is 0 Å². The van der Waals surface area contributed by atoms with E-state index in [0.29, 0.717) is 12.8 Å². The van der Waals surface area contributed by atoms with E-state index in [4.69, 9.17) is 9.47 Å². The first-order valence-corrected chi connectivity index (χ1v) is 9.21. The van der Waals surface area contributed by atoms with E-state index in [1.807, 2.05) is 56.4 Å². The summed E-state index contributed by atoms with van der Waals surface area (Å²) in [4.78, 5) is 18.4. The van der Waals surface area contributed by atoms with Gasteiger partial charge in [0.1, 0.15) is 12.7 Å². The molecule has 0 fully saturated rings. The van der Waals surface area contributed by atoms with E-state index >= 15 is 0 Å². The Morgan fingerprint density at radius 3 is 2.71 bits per heavy atom. The van der Waals surface area contributed by atoms with E-state index in [-0.39, 0.29) is 18.7 Å². The zero-order valence-electron chi connectivity index (χ0n) is 15.9. The van der Waals surface area contributed by atoms with E-state index in [0.717, 1.165) is 28.3 Å². The Balaban J connectivity index is 1.36. The van der Waals surface area contributed by atoms with Crippen LogP contribution < -0.4 is 9.47 Å². The third kappa shape index (κ3) is 3.69. The van der Waals surface area contributed by atoms with Crippen molar-refractivity contribution in [2.24, 2.45) is 0 Å². The lowest BCUT2D eigenvalue weighted by Gasteiger charge is -2.25. The quantitative estimate of drug-likeness (QED) is 0.659. The molecule has 1 atom stereocenters. The number of aromatic nitrogens is 3. The molecule has 0 spiro atoms. The maximum absolute atomic E-state index is 12.7. The molecule has 0 radical (unpaired) electrons. The highest BCUT2D eigenvalue weighted by Gasteiger charge is 2.18. The smallest absolute Gasteiger partial charge is 0.231 e. The molecule has 1 aromatic heterocycles. The number of hydrogen-bond donors (Lipinski definition) is 0. The van der Waals surface area contributed by atoms with Gasteiger partial charge in [-0.05, 0) is 48.7 Å². The van der Waals surface area contributed by atoms with E-state index in [9.17, 15) is 4.79 Å². The summed E-state index contributed by atoms with van der Waals surface area (Å²) in [6, 6.07) is 13.8. The van der Waals surface area contributed by atoms with Gasteiger partial charge in [0.2, 0.25) is 12.7 Å². The summed E-state index contributed by atoms with van der Waals surface area (Å²) in [6.07, 6.45) is 4.27. The van der Waals surface area contributed by atoms with Crippen LogP contribution in [0.5, 0.6) is 11.5 Å². The minimum atomic E-state index is -0.0194. The van der Waals surface area contributed by atoms with E-state index in [1.165, 1.54) is 6.33 Å². The number of nitrogens with zero attached hydrogens (tertiary/aromatic N) is 4. The van der Waals surface area contributed by atoms with Gasteiger partial charge in [0, 0.05) is 13.5 Å². The zero-order valence-corrected chi connectivity index (χ0v) is 15.9. The summed E-state index contributed by atoms with van der Waals surface area (Å²) in [5.74, 6) is 1.61. The molecule has 1 amide bonds. The molecular weight excluding hydrogens is 356 g/mol. The van der Waals surface area contributed by atoms with Crippen molar-refractivity contribution in [2.45, 2.75) is 25.8 Å². The number of aryl methyl sites for hydroxylation is 1. The van der Waals surface area contributed by atoms with Gasteiger partial charge in [-0.3, -0.25) is 4.79 Å². The van der Waals surface area contributed by atoms with Crippen LogP contribution in [0.25, 0.3) is 5.69 Å². The molecule has 144 valence electrons. The second kappa shape index (κ2) is 7.72. The van der Waals surface area contributed by atoms with Crippen molar-refractivity contribution in [3.05, 3.63) is 66.2 Å². The van der Waals surface area contributed by atoms with Gasteiger partial charge in [-0.1, -0.05) is 18.2 Å². The summed E-state index contributed by atoms with van der Waals surface area (Å²) in [5, 5.41) is 4.12. The lowest BCUT2D eigenvalue weighted by molar-refractivity contribution is -0.131. The fourth-order valence-corrected chi connectivity index (χ4v) is 3.21. The number of hydrogen-bond acceptors (Lipinski definition) is 5. The SMILES string of the molecule is C[C@@H](c1ccc(-n2cncn2)cc1)N(C)C(=O)CCc1ccc2c(c1)OCO2. The molecule has 1 aliphatic rings. The molecule has 0 aliphatic carbocycles. The van der Waals surface area contributed by atoms with Gasteiger partial charge < -0.3 is 14.4 Å². The predicted octanol–water partition coefficient (Wildman–Crippen LogP) is 3.15. The molecule has 28 heavy (non-hydrogen) atoms. The van der Waals surface area contributed by atoms with Crippen LogP contribution in [0.3, 0.4) is 0 Å². The van der Waals surface area contributed by atoms with E-state index in [2.05, 4.69) is 10.1 Å². The van der Waals surface area contributed by atoms with Crippen molar-refractivity contribution in [1.82, 2.24) is 19.7 Å². The zero-order chi connectivity index (χ0) is 19.5. The van der Waals surface area contributed by atoms with Crippen LogP contribution in [0.1, 0.15) is 30.5 Å². The van der Waals surface area contributed by atoms with Gasteiger partial charge in [-0.15, -0.1) is 0 Å². The summed E-state index contributed by atoms with van der Waals surface area (Å²) in [7, 11) is 1.85. The average Bonchev–Trinajstić information content (AvgIpc) is 3.42. The van der Waals surface area contributed by atoms with Gasteiger partial charge in [-0.25, -0.2) is 9.67 Å². The Morgan fingerprint density at radius 2 is 1.96 bits per heavy atom. The summed E-state index contributed by atoms with van der Waals surface area (Å²) in [6.45, 7) is 2.29. The average molecular weight is 378 g/mol. The van der Waals surface area contributed by atoms with E-state index in [1.54, 1.807) is 15.9 Å². The van der Waals surface area contributed by atoms with Crippen molar-refractivity contribution in [2.75, 3.05) is 13.8 Å². The van der Waals surface area contributed by atoms with Crippen LogP contribution in [0.15, 0.2) is 55.1 Å². The van der Waals surface area contributed by atoms with Gasteiger partial charge in [-0.2, -0.15) is 5.10 Å². The highest BCUT2D eigenvalue weighted by molar-refractivity contribution is 5.76. The van der Waals surface area contributed by atoms with Crippen molar-refractivity contribution in [3.8, 4) is 17.2 Å². The van der Waals surface area contributed by atoms with Crippen molar-refractivity contribution < 1.29 is 14.3 Å². The van der Waals surface area contributed by atoms with Crippen LogP contribution in [0, 0.1) is 0 Å². The minimum Gasteiger partial charge on any atom is -0.454 e. The third-order valence-electron chi connectivity index (χ3n) is 5.10. The van der Waals surface area contributed by atoms with Gasteiger partial charge >= 0.3 is 0 Å². The summed E-state index contributed by atoms with van der Waals surface area (Å²) in [5.41, 5.74) is 3.07. The second-order valence-electron chi connectivity index (χ2n) is 6.80. The molecule has 7 nitrogen and oxygen atoms in total. The molecule has 1 aliphatic heterocycles. The maximum Gasteiger partial charge on any atom is 0.231 e. The molecule has 2 heterocycles. The topological polar surface area (TPSA) is 69.5 Å². The fraction of sp³-hybridized carbons (Fsp3) is 0.286. The Kier molecular flexibility index (Phi) is 4.97. The van der Waals surface area contributed by atoms with Crippen LogP contribution in [-0.4, -0.2) is 39.4 Å². The lowest BCUT2D eigenvalue weighted by atomic mass is 10.0. The molecule has 7 heteroatoms. The molecule has 4 rings (SSSR count). The normalized spacial score (nSPS) is 13.4. The van der Waals surface area contributed by atoms with Gasteiger partial charge in [0.05, 0.1) is 11.7 Å². The highest BCUT2D eigenvalue weighted by Crippen LogP contribution is 2.33. The second-order valence-corrected chi connectivity index (χ2v) is 6.80. The summed E-state index contributed by atoms with van der Waals surface area (Å²) >= 11 is 0. The number of carbonyl (C=O) groups excluding carboxylic acids is 1. The Labute approximate surface area is 163 Å². The van der Waals surface area contributed by atoms with Crippen molar-refractivity contribution in [1.29, 1.82) is 0 Å². The molecule has 3 aromatic rings. The lowest BCUT2D eigenvalue weighted by Crippen LogP contribution is -2.29. The van der Waals surface area contributed by atoms with Crippen LogP contribution in [0.2, 0.25) is 0 Å². The van der Waals surface area contributed by atoms with Crippen LogP contribution in [-0.2, 0) is 11.2 Å². The van der Waals surface area contributed by atoms with Crippen molar-refractivity contribution >= 4 is 5.91 Å². The highest BCUT2D eigenvalue weighted by atomic mass is 16.7. The molecule has 0 bridgehead atoms. The molecule has 0 saturated heterocycles. The first-order valence-electron chi connectivity index (χ1n) is 9.21. The van der Waals surface area contributed by atoms with Gasteiger partial charge in [0.15, 0.2) is 11.5 Å². The maximum atomic E-state index is 12.7. The Bertz CT molecular complexity index is 954. The number of rotatable bonds is 6. The largest absolute Gasteiger partial charge is 0.454 e. The van der Waals surface area contributed by atoms with Gasteiger partial charge in [0.25, 0.3) is 0 Å². The first kappa shape index (κ1) is 18.0. The molecule has 0 unspecified atom stereocenters. The Morgan fingerprint density at radius 1 is 1.18 bits per heavy atom. The molecular formula is C21H22N4O3. The first-order chi connectivity index (χ1) is 13.6. The molecule has 0 saturated carbocycles. The molecule has 2 aromatic carbocycles. The standard InChI is InChI=1S/C21H22N4O3/c1-15(17-5-7-18(8-6-17)25-13-22-12-23-25)24(2)21(26)10-4-16-3-9-19-20(11-16)28-14-27-19/h3,5-9,11-13,15H,4,10,14H2,1-2H3/t15-/m0/s1. The predicted molar refractivity (Wildman–Crippen MR) is 103 cm³/mol. The number of carbonyl (C=O) groups is 1. The van der Waals surface area contributed by atoms with Crippen LogP contribution >= 0.6 is 0 Å². The number of amides is 1. The fourth-order valence-electron chi connectivity index (χ4n) is 3.21. The molecule has 0 N–H and O–H groups in total. The van der Waals surface area contributed by atoms with E-state index < -0.39 is 0 Å². The number of ether oxygens (including phenoxy) is 2. The Hall–Kier alpha value is -3.35.